The zero-order valence-corrected chi connectivity index (χ0v) is 27.4. The molecular weight excluding hydrogens is 604 g/mol. The molecule has 1 aromatic heterocycles. The Bertz CT molecular complexity index is 1530. The Hall–Kier alpha value is -4.42. The maximum Gasteiger partial charge on any atom is 0.305 e. The average molecular weight is 651 g/mol. The molecule has 1 aliphatic carbocycles. The van der Waals surface area contributed by atoms with E-state index in [-0.39, 0.29) is 36.6 Å². The maximum absolute atomic E-state index is 14.2. The van der Waals surface area contributed by atoms with Gasteiger partial charge in [0.25, 0.3) is 0 Å². The highest BCUT2D eigenvalue weighted by atomic mass is 16.4. The highest BCUT2D eigenvalue weighted by Crippen LogP contribution is 2.40. The van der Waals surface area contributed by atoms with Crippen LogP contribution >= 0.6 is 0 Å². The number of aromatic nitrogens is 1. The number of carboxylic acid groups (broad SMARTS) is 1. The molecule has 6 rings (SSSR count). The molecule has 1 saturated carbocycles. The van der Waals surface area contributed by atoms with Crippen LogP contribution in [0.15, 0.2) is 30.5 Å². The van der Waals surface area contributed by atoms with Crippen molar-refractivity contribution in [3.05, 3.63) is 36.0 Å². The van der Waals surface area contributed by atoms with Crippen LogP contribution in [-0.4, -0.2) is 86.7 Å². The monoisotopic (exact) mass is 650 g/mol. The van der Waals surface area contributed by atoms with E-state index in [9.17, 15) is 33.9 Å². The number of nitrogens with one attached hydrogen (secondary N) is 5. The highest BCUT2D eigenvalue weighted by molar-refractivity contribution is 5.99. The average Bonchev–Trinajstić information content (AvgIpc) is 3.43. The fraction of sp³-hybridized carbons (Fsp3) is 0.588. The van der Waals surface area contributed by atoms with Crippen LogP contribution in [0.5, 0.6) is 0 Å². The molecule has 13 nitrogen and oxygen atoms in total. The summed E-state index contributed by atoms with van der Waals surface area (Å²) in [6, 6.07) is 1.55. The summed E-state index contributed by atoms with van der Waals surface area (Å²) in [6.45, 7) is 7.38. The standard InChI is InChI=1S/C34H46N6O7/c1-17(2)13-24-30(43)36-25(14-20-16-35-23-8-6-5-7-22(20)23)31(44)38-26(15-27(41)42)34(47)40-21-11-9-19(10-12-21)29(40)33(46)39-28(18(3)4)32(45)37-24/h5-8,16-19,21,24-26,28-29,35H,9-15H2,1-4H3,(H,36,43)(H,37,45)(H,38,44)(H,39,46)(H,41,42)/t19?,21?,24-,25+,26+,28+,29-/m0/s1. The van der Waals surface area contributed by atoms with E-state index in [4.69, 9.17) is 0 Å². The van der Waals surface area contributed by atoms with Crippen LogP contribution in [0.25, 0.3) is 10.9 Å². The largest absolute Gasteiger partial charge is 0.481 e. The third-order valence-corrected chi connectivity index (χ3v) is 9.72. The maximum atomic E-state index is 14.2. The van der Waals surface area contributed by atoms with Crippen molar-refractivity contribution in [3.63, 3.8) is 0 Å². The van der Waals surface area contributed by atoms with Crippen LogP contribution in [0.3, 0.4) is 0 Å². The number of fused-ring (bicyclic) bond motifs is 3. The molecule has 2 aromatic rings. The molecule has 5 atom stereocenters. The van der Waals surface area contributed by atoms with Gasteiger partial charge in [0.1, 0.15) is 30.2 Å². The van der Waals surface area contributed by atoms with Gasteiger partial charge in [0, 0.05) is 29.6 Å². The lowest BCUT2D eigenvalue weighted by Gasteiger charge is -2.51. The van der Waals surface area contributed by atoms with Crippen molar-refractivity contribution >= 4 is 46.4 Å². The van der Waals surface area contributed by atoms with Gasteiger partial charge in [-0.2, -0.15) is 0 Å². The predicted octanol–water partition coefficient (Wildman–Crippen LogP) is 1.61. The first-order chi connectivity index (χ1) is 22.3. The van der Waals surface area contributed by atoms with E-state index in [1.807, 2.05) is 38.1 Å². The molecule has 2 bridgehead atoms. The SMILES string of the molecule is CC(C)C[C@@H]1NC(=O)[C@@H](C(C)C)NC(=O)[C@@H]2C3CCC(CC3)N2C(=O)[C@@H](CC(=O)O)NC(=O)[C@@H](Cc2c[nH]c3ccccc23)NC1=O. The number of rotatable bonds is 7. The van der Waals surface area contributed by atoms with Crippen molar-refractivity contribution in [2.45, 2.75) is 109 Å². The lowest BCUT2D eigenvalue weighted by molar-refractivity contribution is -0.158. The van der Waals surface area contributed by atoms with Gasteiger partial charge in [-0.25, -0.2) is 0 Å². The number of carbonyl (C=O) groups is 6. The Labute approximate surface area is 274 Å². The predicted molar refractivity (Wildman–Crippen MR) is 173 cm³/mol. The number of piperidine rings is 2. The summed E-state index contributed by atoms with van der Waals surface area (Å²) >= 11 is 0. The van der Waals surface area contributed by atoms with Gasteiger partial charge in [-0.1, -0.05) is 45.9 Å². The smallest absolute Gasteiger partial charge is 0.305 e. The first-order valence-electron chi connectivity index (χ1n) is 16.6. The molecule has 0 unspecified atom stereocenters. The number of carboxylic acids is 1. The summed E-state index contributed by atoms with van der Waals surface area (Å²) in [5, 5.41) is 21.8. The van der Waals surface area contributed by atoms with Crippen molar-refractivity contribution in [2.75, 3.05) is 0 Å². The molecule has 13 heteroatoms. The van der Waals surface area contributed by atoms with E-state index >= 15 is 0 Å². The minimum absolute atomic E-state index is 0.00923. The number of hydrogen-bond acceptors (Lipinski definition) is 6. The lowest BCUT2D eigenvalue weighted by atomic mass is 9.73. The van der Waals surface area contributed by atoms with Gasteiger partial charge in [-0.15, -0.1) is 0 Å². The van der Waals surface area contributed by atoms with Crippen molar-refractivity contribution in [1.29, 1.82) is 0 Å². The minimum Gasteiger partial charge on any atom is -0.481 e. The van der Waals surface area contributed by atoms with Crippen LogP contribution < -0.4 is 21.3 Å². The van der Waals surface area contributed by atoms with Gasteiger partial charge in [0.05, 0.1) is 6.42 Å². The number of amides is 5. The number of benzene rings is 1. The molecule has 1 aromatic carbocycles. The van der Waals surface area contributed by atoms with Crippen molar-refractivity contribution in [1.82, 2.24) is 31.2 Å². The van der Waals surface area contributed by atoms with Crippen molar-refractivity contribution in [3.8, 4) is 0 Å². The van der Waals surface area contributed by atoms with Crippen molar-refractivity contribution < 1.29 is 33.9 Å². The van der Waals surface area contributed by atoms with Gasteiger partial charge in [0.2, 0.25) is 29.5 Å². The number of aromatic amines is 1. The molecule has 5 amide bonds. The summed E-state index contributed by atoms with van der Waals surface area (Å²) < 4.78 is 0. The second kappa shape index (κ2) is 14.1. The zero-order valence-electron chi connectivity index (χ0n) is 27.4. The van der Waals surface area contributed by atoms with Gasteiger partial charge < -0.3 is 36.3 Å². The third-order valence-electron chi connectivity index (χ3n) is 9.72. The number of aliphatic carboxylic acids is 1. The van der Waals surface area contributed by atoms with Crippen LogP contribution in [0, 0.1) is 17.8 Å². The molecule has 0 spiro atoms. The fourth-order valence-corrected chi connectivity index (χ4v) is 7.37. The van der Waals surface area contributed by atoms with Crippen LogP contribution in [0.2, 0.25) is 0 Å². The summed E-state index contributed by atoms with van der Waals surface area (Å²) in [4.78, 5) is 86.5. The van der Waals surface area contributed by atoms with E-state index in [1.165, 1.54) is 4.90 Å². The Balaban J connectivity index is 1.57. The molecule has 47 heavy (non-hydrogen) atoms. The normalized spacial score (nSPS) is 29.1. The van der Waals surface area contributed by atoms with E-state index in [1.54, 1.807) is 20.0 Å². The van der Waals surface area contributed by atoms with E-state index in [0.717, 1.165) is 16.5 Å². The van der Waals surface area contributed by atoms with Gasteiger partial charge in [-0.3, -0.25) is 28.8 Å². The Morgan fingerprint density at radius 1 is 0.830 bits per heavy atom. The molecule has 3 saturated heterocycles. The van der Waals surface area contributed by atoms with E-state index in [0.29, 0.717) is 25.7 Å². The van der Waals surface area contributed by atoms with Crippen LogP contribution in [0.4, 0.5) is 0 Å². The zero-order chi connectivity index (χ0) is 34.0. The number of carbonyl (C=O) groups excluding carboxylic acids is 5. The number of H-pyrrole nitrogens is 1. The second-order valence-corrected chi connectivity index (χ2v) is 14.0. The van der Waals surface area contributed by atoms with Crippen LogP contribution in [-0.2, 0) is 35.2 Å². The van der Waals surface area contributed by atoms with Crippen molar-refractivity contribution in [2.24, 2.45) is 17.8 Å². The summed E-state index contributed by atoms with van der Waals surface area (Å²) in [6.07, 6.45) is 4.06. The molecule has 4 heterocycles. The highest BCUT2D eigenvalue weighted by Gasteiger charge is 2.50. The summed E-state index contributed by atoms with van der Waals surface area (Å²) in [5.41, 5.74) is 1.56. The number of hydrogen-bond donors (Lipinski definition) is 6. The fourth-order valence-electron chi connectivity index (χ4n) is 7.37. The number of para-hydroxylation sites is 1. The molecule has 4 aliphatic rings. The molecule has 4 fully saturated rings. The first-order valence-corrected chi connectivity index (χ1v) is 16.6. The van der Waals surface area contributed by atoms with E-state index in [2.05, 4.69) is 26.3 Å². The molecular formula is C34H46N6O7. The summed E-state index contributed by atoms with van der Waals surface area (Å²) in [7, 11) is 0. The summed E-state index contributed by atoms with van der Waals surface area (Å²) in [5.74, 6) is -4.88. The number of nitrogens with zero attached hydrogens (tertiary/aromatic N) is 1. The van der Waals surface area contributed by atoms with Gasteiger partial charge in [-0.05, 0) is 61.5 Å². The molecule has 3 aliphatic heterocycles. The molecule has 254 valence electrons. The Kier molecular flexibility index (Phi) is 10.2. The molecule has 6 N–H and O–H groups in total. The topological polar surface area (TPSA) is 190 Å². The van der Waals surface area contributed by atoms with Gasteiger partial charge in [0.15, 0.2) is 0 Å². The Morgan fingerprint density at radius 2 is 1.47 bits per heavy atom. The van der Waals surface area contributed by atoms with Gasteiger partial charge >= 0.3 is 5.97 Å². The minimum atomic E-state index is -1.48. The van der Waals surface area contributed by atoms with E-state index < -0.39 is 72.1 Å². The quantitative estimate of drug-likeness (QED) is 0.262. The third kappa shape index (κ3) is 7.44. The van der Waals surface area contributed by atoms with Crippen LogP contribution in [0.1, 0.15) is 71.8 Å². The lowest BCUT2D eigenvalue weighted by Crippen LogP contribution is -2.67. The Morgan fingerprint density at radius 3 is 2.13 bits per heavy atom. The first kappa shape index (κ1) is 33.9. The second-order valence-electron chi connectivity index (χ2n) is 14.0. The molecule has 0 radical (unpaired) electrons.